The predicted octanol–water partition coefficient (Wildman–Crippen LogP) is 16.4. The second-order valence-electron chi connectivity index (χ2n) is 37.4. The number of nitrogens with one attached hydrogen (secondary N) is 4. The van der Waals surface area contributed by atoms with Crippen molar-refractivity contribution in [1.29, 1.82) is 0 Å². The molecule has 132 heavy (non-hydrogen) atoms. The van der Waals surface area contributed by atoms with Crippen LogP contribution in [0.4, 0.5) is 0 Å². The average molecular weight is 2120 g/mol. The second-order valence-corrected chi connectivity index (χ2v) is 42.2. The van der Waals surface area contributed by atoms with Crippen LogP contribution in [0.3, 0.4) is 0 Å². The molecular formula is C96H92Br4Cl4N20O8. The molecule has 0 bridgehead atoms. The van der Waals surface area contributed by atoms with E-state index >= 15 is 0 Å². The highest BCUT2D eigenvalue weighted by atomic mass is 79.9. The van der Waals surface area contributed by atoms with Gasteiger partial charge in [0.15, 0.2) is 0 Å². The molecule has 16 heterocycles. The Hall–Kier alpha value is -8.40. The molecule has 4 saturated heterocycles. The van der Waals surface area contributed by atoms with E-state index in [1.54, 1.807) is 25.3 Å². The summed E-state index contributed by atoms with van der Waals surface area (Å²) >= 11 is 38.5. The number of nitrogens with zero attached hydrogens (tertiary/aromatic N) is 16. The van der Waals surface area contributed by atoms with Gasteiger partial charge in [0.25, 0.3) is 0 Å². The number of pyridine rings is 4. The third-order valence-electron chi connectivity index (χ3n) is 30.0. The van der Waals surface area contributed by atoms with Crippen LogP contribution in [0.2, 0.25) is 20.6 Å². The number of hydrogen-bond donors (Lipinski definition) is 12. The van der Waals surface area contributed by atoms with Gasteiger partial charge in [-0.3, -0.25) is 0 Å². The van der Waals surface area contributed by atoms with Gasteiger partial charge in [0.05, 0.1) is 111 Å². The highest BCUT2D eigenvalue weighted by molar-refractivity contribution is 9.11. The number of aromatic nitrogens is 16. The molecule has 8 fully saturated rings. The lowest BCUT2D eigenvalue weighted by Crippen LogP contribution is -2.38. The second kappa shape index (κ2) is 35.0. The van der Waals surface area contributed by atoms with E-state index < -0.39 is 70.5 Å². The van der Waals surface area contributed by atoms with Gasteiger partial charge in [-0.15, -0.1) is 0 Å². The molecule has 36 heteroatoms. The predicted molar refractivity (Wildman–Crippen MR) is 521 cm³/mol. The normalized spacial score (nSPS) is 29.6. The minimum Gasteiger partial charge on any atom is -0.390 e. The largest absolute Gasteiger partial charge is 0.390 e. The van der Waals surface area contributed by atoms with Crippen molar-refractivity contribution in [2.45, 2.75) is 176 Å². The molecule has 20 atom stereocenters. The first-order chi connectivity index (χ1) is 63.4. The van der Waals surface area contributed by atoms with Crippen LogP contribution in [0.5, 0.6) is 0 Å². The Morgan fingerprint density at radius 2 is 0.508 bits per heavy atom. The number of fused-ring (bicyclic) bond motifs is 8. The highest BCUT2D eigenvalue weighted by Gasteiger charge is 2.61. The van der Waals surface area contributed by atoms with Crippen molar-refractivity contribution < 1.29 is 40.9 Å². The van der Waals surface area contributed by atoms with Crippen molar-refractivity contribution in [2.75, 3.05) is 26.2 Å². The first-order valence-electron chi connectivity index (χ1n) is 44.0. The zero-order valence-corrected chi connectivity index (χ0v) is 81.0. The SMILES string of the molecule is Cc1ncnc2c1ccn2[C@@H]1C[C@@]2(CN[C@@H](c3ccc4cc(Br)c(Cl)nc4c3)C2)[C@@H](O)[C@H]1O.Cc1ncnc2c1ccn2[C@@H]1C[C@@]2(CN[C@@H](c3ccc4cc(Br)c(Cl)nc4c3)C2)[C@@H](O)[C@H]1O.Cc1ncnc2c1ccn2[C@@H]1C[C@@]2(CN[C@H](c3ccc4cc(Br)c(Cl)nc4c3)C2)[C@@H](O)[C@H]1O.Cc1ncnc2c1ccn2[C@@H]1C[C@@]2(CN[C@H](c3ccc4cc(Br)c(Cl)nc4c3)C2)[C@@H](O)[C@H]1O. The maximum Gasteiger partial charge on any atom is 0.143 e. The smallest absolute Gasteiger partial charge is 0.143 e. The molecule has 4 spiro atoms. The Morgan fingerprint density at radius 1 is 0.295 bits per heavy atom. The van der Waals surface area contributed by atoms with Crippen molar-refractivity contribution in [3.63, 3.8) is 0 Å². The topological polar surface area (TPSA) is 384 Å². The summed E-state index contributed by atoms with van der Waals surface area (Å²) in [7, 11) is 0. The van der Waals surface area contributed by atoms with Crippen LogP contribution in [0.25, 0.3) is 87.7 Å². The molecule has 4 saturated carbocycles. The van der Waals surface area contributed by atoms with Gasteiger partial charge in [0.1, 0.15) is 92.9 Å². The fourth-order valence-corrected chi connectivity index (χ4v) is 24.7. The molecule has 680 valence electrons. The quantitative estimate of drug-likeness (QED) is 0.0629. The molecule has 24 rings (SSSR count). The zero-order chi connectivity index (χ0) is 91.6. The maximum atomic E-state index is 11.2. The van der Waals surface area contributed by atoms with E-state index in [1.165, 1.54) is 0 Å². The molecule has 4 aliphatic carbocycles. The summed E-state index contributed by atoms with van der Waals surface area (Å²) in [4.78, 5) is 52.8. The number of halogens is 8. The number of hydrogen-bond acceptors (Lipinski definition) is 24. The summed E-state index contributed by atoms with van der Waals surface area (Å²) < 4.78 is 11.1. The number of aliphatic hydroxyl groups is 8. The third-order valence-corrected chi connectivity index (χ3v) is 34.5. The zero-order valence-electron chi connectivity index (χ0n) is 71.6. The number of aryl methyl sites for hydroxylation is 4. The fraction of sp³-hybridized carbons (Fsp3) is 0.375. The molecule has 0 radical (unpaired) electrons. The average Bonchev–Trinajstić information content (AvgIpc) is 1.59. The van der Waals surface area contributed by atoms with Gasteiger partial charge in [-0.05, 0) is 238 Å². The number of aliphatic hydroxyl groups excluding tert-OH is 8. The van der Waals surface area contributed by atoms with Gasteiger partial charge in [0.2, 0.25) is 0 Å². The van der Waals surface area contributed by atoms with Crippen LogP contribution < -0.4 is 21.3 Å². The van der Waals surface area contributed by atoms with Gasteiger partial charge in [-0.1, -0.05) is 94.9 Å². The van der Waals surface area contributed by atoms with Gasteiger partial charge < -0.3 is 80.4 Å². The van der Waals surface area contributed by atoms with Gasteiger partial charge in [-0.25, -0.2) is 59.8 Å². The lowest BCUT2D eigenvalue weighted by atomic mass is 9.80. The Kier molecular flexibility index (Phi) is 23.9. The molecular weight excluding hydrogens is 2020 g/mol. The number of rotatable bonds is 8. The molecule has 8 aliphatic rings. The monoisotopic (exact) mass is 2110 g/mol. The van der Waals surface area contributed by atoms with E-state index in [0.29, 0.717) is 72.5 Å². The van der Waals surface area contributed by atoms with Gasteiger partial charge >= 0.3 is 0 Å². The lowest BCUT2D eigenvalue weighted by Gasteiger charge is -2.27. The van der Waals surface area contributed by atoms with Crippen molar-refractivity contribution in [3.05, 3.63) is 255 Å². The van der Waals surface area contributed by atoms with Crippen LogP contribution in [0.1, 0.15) is 145 Å². The Morgan fingerprint density at radius 3 is 0.720 bits per heavy atom. The maximum absolute atomic E-state index is 11.2. The summed E-state index contributed by atoms with van der Waals surface area (Å²) in [5.41, 5.74) is 12.8. The Bertz CT molecular complexity index is 6420. The standard InChI is InChI=1S/4C24H23BrClN5O2/c4*1-12-15-4-5-31(23(15)29-11-28-12)19-9-24(21(33)20(19)32)8-18(27-10-24)14-3-2-13-6-16(25)22(26)30-17(13)7-14/h4*2-7,11,18-21,27,32-33H,8-10H2,1H3/t2*18-,19+,20-,21-,24-;2*18-,19-,20+,21+,24+/m0011/s1. The van der Waals surface area contributed by atoms with Crippen molar-refractivity contribution in [2.24, 2.45) is 21.7 Å². The van der Waals surface area contributed by atoms with E-state index in [-0.39, 0.29) is 48.3 Å². The molecule has 0 amide bonds. The van der Waals surface area contributed by atoms with E-state index in [2.05, 4.69) is 193 Å². The number of benzene rings is 4. The third kappa shape index (κ3) is 15.7. The van der Waals surface area contributed by atoms with Crippen LogP contribution >= 0.6 is 110 Å². The summed E-state index contributed by atoms with van der Waals surface area (Å²) in [5.74, 6) is 0. The Balaban J connectivity index is 0.000000106. The summed E-state index contributed by atoms with van der Waals surface area (Å²) in [6, 6.07) is 39.8. The first-order valence-corrected chi connectivity index (χ1v) is 48.7. The molecule has 4 aromatic carbocycles. The molecule has 28 nitrogen and oxygen atoms in total. The van der Waals surface area contributed by atoms with E-state index in [1.807, 2.05) is 144 Å². The minimum atomic E-state index is -0.870. The molecule has 4 aliphatic heterocycles. The molecule has 12 aromatic heterocycles. The summed E-state index contributed by atoms with van der Waals surface area (Å²) in [6.07, 6.45) is 12.7. The van der Waals surface area contributed by atoms with Crippen molar-refractivity contribution in [1.82, 2.24) is 99.3 Å². The summed E-state index contributed by atoms with van der Waals surface area (Å²) in [5, 5.41) is 113. The van der Waals surface area contributed by atoms with E-state index in [4.69, 9.17) is 46.4 Å². The van der Waals surface area contributed by atoms with E-state index in [0.717, 1.165) is 176 Å². The fourth-order valence-electron chi connectivity index (χ4n) is 22.8. The van der Waals surface area contributed by atoms with Crippen LogP contribution in [-0.2, 0) is 0 Å². The lowest BCUT2D eigenvalue weighted by molar-refractivity contribution is -0.0218. The van der Waals surface area contributed by atoms with Crippen molar-refractivity contribution >= 4 is 198 Å². The molecule has 12 N–H and O–H groups in total. The minimum absolute atomic E-state index is 0.0604. The summed E-state index contributed by atoms with van der Waals surface area (Å²) in [6.45, 7) is 10.3. The highest BCUT2D eigenvalue weighted by Crippen LogP contribution is 2.58. The van der Waals surface area contributed by atoms with Gasteiger partial charge in [0, 0.05) is 140 Å². The molecule has 0 unspecified atom stereocenters. The van der Waals surface area contributed by atoms with Crippen molar-refractivity contribution in [3.8, 4) is 0 Å². The Labute approximate surface area is 810 Å². The van der Waals surface area contributed by atoms with Crippen LogP contribution in [0, 0.1) is 49.4 Å². The van der Waals surface area contributed by atoms with Gasteiger partial charge in [-0.2, -0.15) is 0 Å². The molecule has 16 aromatic rings. The van der Waals surface area contributed by atoms with Crippen LogP contribution in [0.15, 0.2) is 189 Å². The van der Waals surface area contributed by atoms with E-state index in [9.17, 15) is 40.9 Å². The first kappa shape index (κ1) is 90.1. The van der Waals surface area contributed by atoms with Crippen LogP contribution in [-0.4, -0.2) is 194 Å².